The number of nitrogens with one attached hydrogen (secondary N) is 1. The molecule has 0 fully saturated rings. The van der Waals surface area contributed by atoms with E-state index in [1.54, 1.807) is 24.3 Å². The van der Waals surface area contributed by atoms with E-state index < -0.39 is 11.9 Å². The predicted molar refractivity (Wildman–Crippen MR) is 56.8 cm³/mol. The number of benzene rings is 1. The Morgan fingerprint density at radius 2 is 1.94 bits per heavy atom. The summed E-state index contributed by atoms with van der Waals surface area (Å²) >= 11 is 0. The first kappa shape index (κ1) is 12.0. The highest BCUT2D eigenvalue weighted by molar-refractivity contribution is 6.32. The lowest BCUT2D eigenvalue weighted by Crippen LogP contribution is -2.33. The fraction of sp³-hybridized carbons (Fsp3) is 0.273. The van der Waals surface area contributed by atoms with Crippen molar-refractivity contribution in [1.82, 2.24) is 5.32 Å². The normalized spacial score (nSPS) is 9.56. The molecule has 0 spiro atoms. The van der Waals surface area contributed by atoms with E-state index in [9.17, 15) is 9.59 Å². The van der Waals surface area contributed by atoms with Gasteiger partial charge in [-0.3, -0.25) is 4.79 Å². The van der Waals surface area contributed by atoms with Crippen molar-refractivity contribution in [3.8, 4) is 5.75 Å². The summed E-state index contributed by atoms with van der Waals surface area (Å²) in [6.07, 6.45) is 0.586. The van der Waals surface area contributed by atoms with Crippen molar-refractivity contribution in [3.05, 3.63) is 29.8 Å². The summed E-state index contributed by atoms with van der Waals surface area (Å²) in [5.41, 5.74) is 0.961. The number of methoxy groups -OCH3 is 1. The Balaban J connectivity index is 2.33. The minimum Gasteiger partial charge on any atom is -0.508 e. The van der Waals surface area contributed by atoms with Crippen LogP contribution in [-0.4, -0.2) is 30.6 Å². The molecular formula is C11H13NO4. The third kappa shape index (κ3) is 3.61. The number of hydrogen-bond acceptors (Lipinski definition) is 4. The van der Waals surface area contributed by atoms with Crippen LogP contribution < -0.4 is 5.32 Å². The fourth-order valence-electron chi connectivity index (χ4n) is 1.15. The molecule has 0 heterocycles. The minimum absolute atomic E-state index is 0.197. The van der Waals surface area contributed by atoms with Gasteiger partial charge in [0.05, 0.1) is 7.11 Å². The van der Waals surface area contributed by atoms with Gasteiger partial charge in [-0.15, -0.1) is 0 Å². The van der Waals surface area contributed by atoms with Gasteiger partial charge < -0.3 is 15.2 Å². The summed E-state index contributed by atoms with van der Waals surface area (Å²) in [4.78, 5) is 21.7. The van der Waals surface area contributed by atoms with Crippen LogP contribution in [0.15, 0.2) is 24.3 Å². The zero-order chi connectivity index (χ0) is 12.0. The number of amides is 1. The molecule has 5 heteroatoms. The first-order valence-electron chi connectivity index (χ1n) is 4.77. The molecule has 5 nitrogen and oxygen atoms in total. The molecule has 0 aromatic heterocycles. The van der Waals surface area contributed by atoms with Gasteiger partial charge in [-0.25, -0.2) is 4.79 Å². The van der Waals surface area contributed by atoms with Crippen molar-refractivity contribution in [3.63, 3.8) is 0 Å². The summed E-state index contributed by atoms with van der Waals surface area (Å²) in [5.74, 6) is -1.45. The van der Waals surface area contributed by atoms with Crippen LogP contribution in [0, 0.1) is 0 Å². The Morgan fingerprint density at radius 1 is 1.31 bits per heavy atom. The molecule has 16 heavy (non-hydrogen) atoms. The second-order valence-electron chi connectivity index (χ2n) is 3.16. The van der Waals surface area contributed by atoms with Gasteiger partial charge in [-0.05, 0) is 24.1 Å². The van der Waals surface area contributed by atoms with Crippen LogP contribution in [0.4, 0.5) is 0 Å². The summed E-state index contributed by atoms with van der Waals surface area (Å²) in [7, 11) is 1.15. The third-order valence-corrected chi connectivity index (χ3v) is 2.01. The van der Waals surface area contributed by atoms with Crippen molar-refractivity contribution < 1.29 is 19.4 Å². The van der Waals surface area contributed by atoms with Crippen molar-refractivity contribution in [2.75, 3.05) is 13.7 Å². The van der Waals surface area contributed by atoms with Gasteiger partial charge in [0.15, 0.2) is 0 Å². The van der Waals surface area contributed by atoms with Crippen molar-refractivity contribution in [1.29, 1.82) is 0 Å². The number of rotatable bonds is 3. The average molecular weight is 223 g/mol. The number of esters is 1. The number of phenols is 1. The Bertz CT molecular complexity index is 372. The van der Waals surface area contributed by atoms with Gasteiger partial charge in [0, 0.05) is 6.54 Å². The monoisotopic (exact) mass is 223 g/mol. The van der Waals surface area contributed by atoms with Crippen LogP contribution in [0.1, 0.15) is 5.56 Å². The lowest BCUT2D eigenvalue weighted by molar-refractivity contribution is -0.152. The van der Waals surface area contributed by atoms with E-state index in [0.29, 0.717) is 13.0 Å². The van der Waals surface area contributed by atoms with Crippen molar-refractivity contribution in [2.45, 2.75) is 6.42 Å². The third-order valence-electron chi connectivity index (χ3n) is 2.01. The summed E-state index contributed by atoms with van der Waals surface area (Å²) in [6.45, 7) is 0.346. The highest BCUT2D eigenvalue weighted by atomic mass is 16.5. The molecule has 0 radical (unpaired) electrons. The fourth-order valence-corrected chi connectivity index (χ4v) is 1.15. The maximum Gasteiger partial charge on any atom is 0.396 e. The Hall–Kier alpha value is -2.04. The first-order chi connectivity index (χ1) is 7.63. The highest BCUT2D eigenvalue weighted by Crippen LogP contribution is 2.09. The van der Waals surface area contributed by atoms with Crippen LogP contribution in [0.3, 0.4) is 0 Å². The number of ether oxygens (including phenoxy) is 1. The second-order valence-corrected chi connectivity index (χ2v) is 3.16. The van der Waals surface area contributed by atoms with Crippen LogP contribution in [0.25, 0.3) is 0 Å². The predicted octanol–water partition coefficient (Wildman–Crippen LogP) is 0.224. The lowest BCUT2D eigenvalue weighted by Gasteiger charge is -2.03. The average Bonchev–Trinajstić information content (AvgIpc) is 2.30. The SMILES string of the molecule is COC(=O)C(=O)NCCc1ccc(O)cc1. The van der Waals surface area contributed by atoms with Gasteiger partial charge in [-0.2, -0.15) is 0 Å². The molecule has 86 valence electrons. The standard InChI is InChI=1S/C11H13NO4/c1-16-11(15)10(14)12-7-6-8-2-4-9(13)5-3-8/h2-5,13H,6-7H2,1H3,(H,12,14). The molecule has 1 rings (SSSR count). The Kier molecular flexibility index (Phi) is 4.32. The zero-order valence-electron chi connectivity index (χ0n) is 8.90. The van der Waals surface area contributed by atoms with Crippen LogP contribution in [0.5, 0.6) is 5.75 Å². The van der Waals surface area contributed by atoms with E-state index in [1.807, 2.05) is 0 Å². The maximum atomic E-state index is 11.0. The topological polar surface area (TPSA) is 75.6 Å². The number of carbonyl (C=O) groups excluding carboxylic acids is 2. The molecule has 0 saturated carbocycles. The number of phenolic OH excluding ortho intramolecular Hbond substituents is 1. The summed E-state index contributed by atoms with van der Waals surface area (Å²) in [6, 6.07) is 6.63. The zero-order valence-corrected chi connectivity index (χ0v) is 8.90. The molecule has 0 unspecified atom stereocenters. The Morgan fingerprint density at radius 3 is 2.50 bits per heavy atom. The molecule has 1 aromatic rings. The smallest absolute Gasteiger partial charge is 0.396 e. The van der Waals surface area contributed by atoms with Gasteiger partial charge >= 0.3 is 11.9 Å². The number of hydrogen-bond donors (Lipinski definition) is 2. The van der Waals surface area contributed by atoms with E-state index >= 15 is 0 Å². The van der Waals surface area contributed by atoms with Gasteiger partial charge in [0.25, 0.3) is 0 Å². The number of aromatic hydroxyl groups is 1. The lowest BCUT2D eigenvalue weighted by atomic mass is 10.1. The number of carbonyl (C=O) groups is 2. The first-order valence-corrected chi connectivity index (χ1v) is 4.77. The molecule has 0 aliphatic heterocycles. The Labute approximate surface area is 93.0 Å². The van der Waals surface area contributed by atoms with E-state index in [2.05, 4.69) is 10.1 Å². The summed E-state index contributed by atoms with van der Waals surface area (Å²) in [5, 5.41) is 11.5. The quantitative estimate of drug-likeness (QED) is 0.568. The molecule has 0 aliphatic carbocycles. The molecule has 0 aliphatic rings. The van der Waals surface area contributed by atoms with Crippen LogP contribution >= 0.6 is 0 Å². The molecule has 1 amide bonds. The molecule has 1 aromatic carbocycles. The molecule has 0 bridgehead atoms. The molecule has 2 N–H and O–H groups in total. The maximum absolute atomic E-state index is 11.0. The van der Waals surface area contributed by atoms with Crippen molar-refractivity contribution >= 4 is 11.9 Å². The molecule has 0 atom stereocenters. The van der Waals surface area contributed by atoms with E-state index in [-0.39, 0.29) is 5.75 Å². The van der Waals surface area contributed by atoms with E-state index in [1.165, 1.54) is 0 Å². The van der Waals surface area contributed by atoms with Crippen LogP contribution in [-0.2, 0) is 20.7 Å². The van der Waals surface area contributed by atoms with E-state index in [4.69, 9.17) is 5.11 Å². The van der Waals surface area contributed by atoms with Crippen molar-refractivity contribution in [2.24, 2.45) is 0 Å². The van der Waals surface area contributed by atoms with Gasteiger partial charge in [-0.1, -0.05) is 12.1 Å². The largest absolute Gasteiger partial charge is 0.508 e. The molecule has 0 saturated heterocycles. The van der Waals surface area contributed by atoms with Gasteiger partial charge in [0.1, 0.15) is 5.75 Å². The summed E-state index contributed by atoms with van der Waals surface area (Å²) < 4.78 is 4.25. The van der Waals surface area contributed by atoms with Crippen LogP contribution in [0.2, 0.25) is 0 Å². The highest BCUT2D eigenvalue weighted by Gasteiger charge is 2.11. The minimum atomic E-state index is -0.897. The second kappa shape index (κ2) is 5.75. The van der Waals surface area contributed by atoms with Gasteiger partial charge in [0.2, 0.25) is 0 Å². The van der Waals surface area contributed by atoms with E-state index in [0.717, 1.165) is 12.7 Å². The molecular weight excluding hydrogens is 210 g/mol.